The number of pyridine rings is 1. The average Bonchev–Trinajstić information content (AvgIpc) is 2.89. The van der Waals surface area contributed by atoms with Gasteiger partial charge in [-0.25, -0.2) is 14.2 Å². The molecule has 0 aliphatic rings. The van der Waals surface area contributed by atoms with Gasteiger partial charge in [-0.15, -0.1) is 0 Å². The number of hydrogen-bond acceptors (Lipinski definition) is 4. The summed E-state index contributed by atoms with van der Waals surface area (Å²) in [4.78, 5) is 20.7. The highest BCUT2D eigenvalue weighted by molar-refractivity contribution is 6.09. The summed E-state index contributed by atoms with van der Waals surface area (Å²) in [7, 11) is 1.57. The molecular weight excluding hydrogens is 397 g/mol. The number of allylic oxidation sites excluding steroid dienone is 1. The van der Waals surface area contributed by atoms with Gasteiger partial charge in [0, 0.05) is 19.5 Å². The Morgan fingerprint density at radius 2 is 2.10 bits per heavy atom. The van der Waals surface area contributed by atoms with Crippen LogP contribution in [0.15, 0.2) is 59.1 Å². The lowest BCUT2D eigenvalue weighted by molar-refractivity contribution is -0.0498. The molecule has 0 aliphatic heterocycles. The third kappa shape index (κ3) is 4.68. The molecular formula is C21H19F3N4O2. The van der Waals surface area contributed by atoms with E-state index >= 15 is 0 Å². The molecule has 0 saturated carbocycles. The first-order valence-electron chi connectivity index (χ1n) is 8.90. The second-order valence-corrected chi connectivity index (χ2v) is 6.54. The van der Waals surface area contributed by atoms with E-state index in [1.54, 1.807) is 26.1 Å². The molecule has 0 atom stereocenters. The summed E-state index contributed by atoms with van der Waals surface area (Å²) in [6, 6.07) is 7.40. The van der Waals surface area contributed by atoms with Crippen LogP contribution in [0, 0.1) is 12.7 Å². The number of rotatable bonds is 7. The Bertz CT molecular complexity index is 1170. The number of nitrogens with zero attached hydrogens (tertiary/aromatic N) is 4. The number of benzene rings is 1. The van der Waals surface area contributed by atoms with Gasteiger partial charge in [0.05, 0.1) is 18.4 Å². The SMILES string of the molecule is C=C(/C=N\c1c(C)n(Cc2cncc(F)c2)c(=O)n1C)c1cccc(OC(F)F)c1. The number of ether oxygens (including phenoxy) is 1. The van der Waals surface area contributed by atoms with E-state index in [1.165, 1.54) is 39.7 Å². The van der Waals surface area contributed by atoms with Crippen LogP contribution >= 0.6 is 0 Å². The van der Waals surface area contributed by atoms with Gasteiger partial charge in [0.1, 0.15) is 11.6 Å². The maximum Gasteiger partial charge on any atom is 0.387 e. The molecule has 0 N–H and O–H groups in total. The molecule has 0 fully saturated rings. The van der Waals surface area contributed by atoms with Crippen LogP contribution in [0.1, 0.15) is 16.8 Å². The van der Waals surface area contributed by atoms with Crippen molar-refractivity contribution in [2.24, 2.45) is 12.0 Å². The number of aliphatic imine (C=N–C) groups is 1. The van der Waals surface area contributed by atoms with Crippen molar-refractivity contribution in [3.63, 3.8) is 0 Å². The Morgan fingerprint density at radius 1 is 1.33 bits per heavy atom. The topological polar surface area (TPSA) is 61.4 Å². The molecule has 6 nitrogen and oxygen atoms in total. The van der Waals surface area contributed by atoms with Gasteiger partial charge < -0.3 is 4.74 Å². The third-order valence-electron chi connectivity index (χ3n) is 4.44. The molecule has 0 bridgehead atoms. The lowest BCUT2D eigenvalue weighted by Gasteiger charge is -2.06. The molecule has 3 aromatic rings. The molecule has 2 heterocycles. The first-order chi connectivity index (χ1) is 14.3. The normalized spacial score (nSPS) is 11.4. The fraction of sp³-hybridized carbons (Fsp3) is 0.190. The molecule has 0 radical (unpaired) electrons. The van der Waals surface area contributed by atoms with E-state index in [9.17, 15) is 18.0 Å². The first-order valence-corrected chi connectivity index (χ1v) is 8.90. The number of alkyl halides is 2. The minimum Gasteiger partial charge on any atom is -0.435 e. The Balaban J connectivity index is 1.85. The van der Waals surface area contributed by atoms with Crippen molar-refractivity contribution in [3.05, 3.63) is 82.4 Å². The summed E-state index contributed by atoms with van der Waals surface area (Å²) >= 11 is 0. The number of hydrogen-bond donors (Lipinski definition) is 0. The minimum absolute atomic E-state index is 0.00971. The first kappa shape index (κ1) is 21.1. The maximum atomic E-state index is 13.4. The molecule has 156 valence electrons. The average molecular weight is 416 g/mol. The summed E-state index contributed by atoms with van der Waals surface area (Å²) in [6.07, 6.45) is 4.02. The van der Waals surface area contributed by atoms with E-state index < -0.39 is 12.4 Å². The Hall–Kier alpha value is -3.62. The molecule has 0 amide bonds. The zero-order valence-corrected chi connectivity index (χ0v) is 16.3. The standard InChI is InChI=1S/C21H19F3N4O2/c1-13(16-5-4-6-18(8-16)30-20(23)24)9-26-19-14(2)28(21(29)27(19)3)12-15-7-17(22)11-25-10-15/h4-11,20H,1,12H2,2-3H3/b26-9-. The molecule has 0 saturated heterocycles. The van der Waals surface area contributed by atoms with Crippen molar-refractivity contribution in [2.45, 2.75) is 20.1 Å². The summed E-state index contributed by atoms with van der Waals surface area (Å²) < 4.78 is 45.4. The van der Waals surface area contributed by atoms with E-state index in [0.29, 0.717) is 28.2 Å². The highest BCUT2D eigenvalue weighted by atomic mass is 19.3. The summed E-state index contributed by atoms with van der Waals surface area (Å²) in [5.41, 5.74) is 1.79. The predicted octanol–water partition coefficient (Wildman–Crippen LogP) is 4.09. The molecule has 3 rings (SSSR count). The van der Waals surface area contributed by atoms with Gasteiger partial charge in [-0.1, -0.05) is 18.7 Å². The molecule has 0 unspecified atom stereocenters. The molecule has 2 aromatic heterocycles. The molecule has 1 aromatic carbocycles. The molecule has 0 spiro atoms. The van der Waals surface area contributed by atoms with Gasteiger partial charge in [-0.2, -0.15) is 8.78 Å². The van der Waals surface area contributed by atoms with Crippen LogP contribution in [-0.2, 0) is 13.6 Å². The Labute approximate surface area is 170 Å². The zero-order valence-electron chi connectivity index (χ0n) is 16.3. The van der Waals surface area contributed by atoms with Gasteiger partial charge in [0.25, 0.3) is 0 Å². The van der Waals surface area contributed by atoms with Crippen molar-refractivity contribution in [2.75, 3.05) is 0 Å². The van der Waals surface area contributed by atoms with Crippen LogP contribution in [0.4, 0.5) is 19.0 Å². The van der Waals surface area contributed by atoms with Gasteiger partial charge in [0.2, 0.25) is 0 Å². The number of aromatic nitrogens is 3. The summed E-state index contributed by atoms with van der Waals surface area (Å²) in [5.74, 6) is -0.0808. The van der Waals surface area contributed by atoms with Gasteiger partial charge in [-0.3, -0.25) is 14.1 Å². The van der Waals surface area contributed by atoms with Crippen LogP contribution in [0.25, 0.3) is 5.57 Å². The highest BCUT2D eigenvalue weighted by Crippen LogP contribution is 2.22. The van der Waals surface area contributed by atoms with E-state index in [-0.39, 0.29) is 18.0 Å². The number of imidazole rings is 1. The van der Waals surface area contributed by atoms with E-state index in [1.807, 2.05) is 0 Å². The van der Waals surface area contributed by atoms with Gasteiger partial charge in [-0.05, 0) is 41.8 Å². The second kappa shape index (κ2) is 8.81. The van der Waals surface area contributed by atoms with Crippen LogP contribution in [0.2, 0.25) is 0 Å². The fourth-order valence-electron chi connectivity index (χ4n) is 2.96. The fourth-order valence-corrected chi connectivity index (χ4v) is 2.96. The molecule has 0 aliphatic carbocycles. The van der Waals surface area contributed by atoms with Gasteiger partial charge in [0.15, 0.2) is 5.82 Å². The van der Waals surface area contributed by atoms with Crippen molar-refractivity contribution in [3.8, 4) is 5.75 Å². The molecule has 9 heteroatoms. The third-order valence-corrected chi connectivity index (χ3v) is 4.44. The highest BCUT2D eigenvalue weighted by Gasteiger charge is 2.14. The van der Waals surface area contributed by atoms with Crippen LogP contribution < -0.4 is 10.4 Å². The predicted molar refractivity (Wildman–Crippen MR) is 108 cm³/mol. The van der Waals surface area contributed by atoms with Crippen LogP contribution in [0.5, 0.6) is 5.75 Å². The maximum absolute atomic E-state index is 13.4. The summed E-state index contributed by atoms with van der Waals surface area (Å²) in [5, 5.41) is 0. The van der Waals surface area contributed by atoms with E-state index in [2.05, 4.69) is 21.3 Å². The van der Waals surface area contributed by atoms with Crippen LogP contribution in [-0.4, -0.2) is 26.9 Å². The molecule has 30 heavy (non-hydrogen) atoms. The minimum atomic E-state index is -2.92. The Kier molecular flexibility index (Phi) is 6.20. The Morgan fingerprint density at radius 3 is 2.80 bits per heavy atom. The second-order valence-electron chi connectivity index (χ2n) is 6.54. The van der Waals surface area contributed by atoms with Crippen molar-refractivity contribution >= 4 is 17.6 Å². The van der Waals surface area contributed by atoms with Crippen molar-refractivity contribution in [1.29, 1.82) is 0 Å². The van der Waals surface area contributed by atoms with Crippen LogP contribution in [0.3, 0.4) is 0 Å². The number of halogens is 3. The van der Waals surface area contributed by atoms with Crippen molar-refractivity contribution in [1.82, 2.24) is 14.1 Å². The van der Waals surface area contributed by atoms with Crippen molar-refractivity contribution < 1.29 is 17.9 Å². The van der Waals surface area contributed by atoms with Gasteiger partial charge >= 0.3 is 12.3 Å². The van der Waals surface area contributed by atoms with E-state index in [0.717, 1.165) is 6.20 Å². The zero-order chi connectivity index (χ0) is 21.8. The van der Waals surface area contributed by atoms with E-state index in [4.69, 9.17) is 0 Å². The lowest BCUT2D eigenvalue weighted by atomic mass is 10.1. The lowest BCUT2D eigenvalue weighted by Crippen LogP contribution is -2.23. The summed E-state index contributed by atoms with van der Waals surface area (Å²) in [6.45, 7) is 2.83. The monoisotopic (exact) mass is 416 g/mol. The quantitative estimate of drug-likeness (QED) is 0.545. The largest absolute Gasteiger partial charge is 0.435 e. The smallest absolute Gasteiger partial charge is 0.387 e.